The number of aryl methyl sites for hydroxylation is 1. The van der Waals surface area contributed by atoms with E-state index in [1.807, 2.05) is 6.92 Å². The lowest BCUT2D eigenvalue weighted by molar-refractivity contribution is -0.139. The highest BCUT2D eigenvalue weighted by Crippen LogP contribution is 2.32. The van der Waals surface area contributed by atoms with Crippen molar-refractivity contribution in [1.82, 2.24) is 10.2 Å². The smallest absolute Gasteiger partial charge is 0.264 e. The summed E-state index contributed by atoms with van der Waals surface area (Å²) in [5.41, 5.74) is 1.56. The Labute approximate surface area is 249 Å². The topological polar surface area (TPSA) is 96.0 Å². The molecule has 1 N–H and O–H groups in total. The molecule has 0 fully saturated rings. The number of halogens is 3. The Morgan fingerprint density at radius 1 is 0.975 bits per heavy atom. The fourth-order valence-electron chi connectivity index (χ4n) is 3.91. The number of carbonyl (C=O) groups excluding carboxylic acids is 2. The lowest BCUT2D eigenvalue weighted by Crippen LogP contribution is -2.51. The van der Waals surface area contributed by atoms with E-state index in [0.717, 1.165) is 9.87 Å². The number of benzene rings is 3. The van der Waals surface area contributed by atoms with Gasteiger partial charge in [-0.15, -0.1) is 0 Å². The number of likely N-dealkylation sites (N-methyl/N-ethyl adjacent to an activating group) is 1. The molecule has 0 spiro atoms. The van der Waals surface area contributed by atoms with Crippen LogP contribution in [0.4, 0.5) is 5.69 Å². The molecule has 0 bridgehead atoms. The zero-order valence-electron chi connectivity index (χ0n) is 22.4. The molecule has 0 radical (unpaired) electrons. The van der Waals surface area contributed by atoms with Crippen molar-refractivity contribution in [3.8, 4) is 5.75 Å². The minimum absolute atomic E-state index is 0.0121. The van der Waals surface area contributed by atoms with Gasteiger partial charge in [0, 0.05) is 23.1 Å². The van der Waals surface area contributed by atoms with Crippen LogP contribution in [0.15, 0.2) is 65.6 Å². The zero-order valence-corrected chi connectivity index (χ0v) is 25.5. The van der Waals surface area contributed by atoms with Crippen LogP contribution < -0.4 is 14.4 Å². The van der Waals surface area contributed by atoms with Gasteiger partial charge in [0.2, 0.25) is 11.8 Å². The molecule has 8 nitrogen and oxygen atoms in total. The summed E-state index contributed by atoms with van der Waals surface area (Å²) in [5.74, 6) is -0.693. The number of methoxy groups -OCH3 is 1. The summed E-state index contributed by atoms with van der Waals surface area (Å²) in [4.78, 5) is 28.0. The Bertz CT molecular complexity index is 1480. The summed E-state index contributed by atoms with van der Waals surface area (Å²) < 4.78 is 34.0. The number of nitrogens with zero attached hydrogens (tertiary/aromatic N) is 2. The van der Waals surface area contributed by atoms with E-state index >= 15 is 0 Å². The van der Waals surface area contributed by atoms with Gasteiger partial charge in [-0.2, -0.15) is 0 Å². The molecule has 214 valence electrons. The van der Waals surface area contributed by atoms with Crippen LogP contribution in [0, 0.1) is 6.92 Å². The molecule has 2 amide bonds. The Kier molecular flexibility index (Phi) is 10.7. The first-order chi connectivity index (χ1) is 18.9. The number of rotatable bonds is 11. The molecule has 3 aromatic rings. The van der Waals surface area contributed by atoms with Crippen molar-refractivity contribution in [2.45, 2.75) is 38.3 Å². The molecule has 1 atom stereocenters. The van der Waals surface area contributed by atoms with Crippen molar-refractivity contribution in [3.05, 3.63) is 86.9 Å². The second kappa shape index (κ2) is 13.6. The van der Waals surface area contributed by atoms with Crippen LogP contribution in [-0.2, 0) is 26.2 Å². The van der Waals surface area contributed by atoms with Gasteiger partial charge in [0.1, 0.15) is 18.3 Å². The van der Waals surface area contributed by atoms with Gasteiger partial charge in [-0.05, 0) is 68.8 Å². The van der Waals surface area contributed by atoms with Gasteiger partial charge in [-0.25, -0.2) is 8.42 Å². The zero-order chi connectivity index (χ0) is 29.6. The number of hydrogen-bond acceptors (Lipinski definition) is 5. The van der Waals surface area contributed by atoms with E-state index in [1.165, 1.54) is 48.4 Å². The minimum Gasteiger partial charge on any atom is -0.495 e. The van der Waals surface area contributed by atoms with Crippen molar-refractivity contribution in [1.29, 1.82) is 0 Å². The van der Waals surface area contributed by atoms with Crippen molar-refractivity contribution < 1.29 is 22.7 Å². The number of sulfonamides is 1. The minimum atomic E-state index is -4.24. The summed E-state index contributed by atoms with van der Waals surface area (Å²) >= 11 is 18.8. The molecule has 0 saturated carbocycles. The third-order valence-electron chi connectivity index (χ3n) is 6.19. The molecular formula is C28H30Cl3N3O5S. The molecular weight excluding hydrogens is 597 g/mol. The number of amides is 2. The summed E-state index contributed by atoms with van der Waals surface area (Å²) in [7, 11) is -2.80. The predicted octanol–water partition coefficient (Wildman–Crippen LogP) is 5.71. The van der Waals surface area contributed by atoms with E-state index in [9.17, 15) is 18.0 Å². The second-order valence-electron chi connectivity index (χ2n) is 8.97. The number of anilines is 1. The third-order valence-corrected chi connectivity index (χ3v) is 8.86. The highest BCUT2D eigenvalue weighted by Gasteiger charge is 2.33. The Morgan fingerprint density at radius 2 is 1.65 bits per heavy atom. The number of ether oxygens (including phenoxy) is 1. The molecule has 0 saturated heterocycles. The van der Waals surface area contributed by atoms with E-state index in [4.69, 9.17) is 39.5 Å². The molecule has 0 heterocycles. The Balaban J connectivity index is 2.08. The average molecular weight is 627 g/mol. The first-order valence-corrected chi connectivity index (χ1v) is 14.9. The standard InChI is InChI=1S/C28H30Cl3N3O5S/c1-5-32-28(36)19(3)33(16-20-8-9-21(29)14-24(20)30)27(35)17-34(22-10-13-26(39-4)25(31)15-22)40(37,38)23-11-6-18(2)7-12-23/h6-15,19H,5,16-17H2,1-4H3,(H,32,36)/t19-/m0/s1. The van der Waals surface area contributed by atoms with Crippen LogP contribution in [0.3, 0.4) is 0 Å². The molecule has 0 unspecified atom stereocenters. The van der Waals surface area contributed by atoms with E-state index in [-0.39, 0.29) is 22.2 Å². The van der Waals surface area contributed by atoms with Crippen molar-refractivity contribution in [2.75, 3.05) is 24.5 Å². The Morgan fingerprint density at radius 3 is 2.23 bits per heavy atom. The highest BCUT2D eigenvalue weighted by molar-refractivity contribution is 7.92. The first-order valence-electron chi connectivity index (χ1n) is 12.3. The fourth-order valence-corrected chi connectivity index (χ4v) is 6.04. The molecule has 0 aliphatic rings. The summed E-state index contributed by atoms with van der Waals surface area (Å²) in [6.45, 7) is 4.84. The van der Waals surface area contributed by atoms with Gasteiger partial charge in [0.25, 0.3) is 10.0 Å². The van der Waals surface area contributed by atoms with Crippen molar-refractivity contribution in [2.24, 2.45) is 0 Å². The van der Waals surface area contributed by atoms with Gasteiger partial charge < -0.3 is 15.0 Å². The lowest BCUT2D eigenvalue weighted by Gasteiger charge is -2.32. The number of nitrogens with one attached hydrogen (secondary N) is 1. The van der Waals surface area contributed by atoms with Gasteiger partial charge in [-0.3, -0.25) is 13.9 Å². The summed E-state index contributed by atoms with van der Waals surface area (Å²) in [5, 5.41) is 3.59. The molecule has 40 heavy (non-hydrogen) atoms. The quantitative estimate of drug-likeness (QED) is 0.294. The molecule has 0 aromatic heterocycles. The molecule has 0 aliphatic carbocycles. The number of hydrogen-bond donors (Lipinski definition) is 1. The second-order valence-corrected chi connectivity index (χ2v) is 12.1. The molecule has 0 aliphatic heterocycles. The average Bonchev–Trinajstić information content (AvgIpc) is 2.91. The van der Waals surface area contributed by atoms with Crippen LogP contribution in [0.1, 0.15) is 25.0 Å². The lowest BCUT2D eigenvalue weighted by atomic mass is 10.1. The largest absolute Gasteiger partial charge is 0.495 e. The SMILES string of the molecule is CCNC(=O)[C@H](C)N(Cc1ccc(Cl)cc1Cl)C(=O)CN(c1ccc(OC)c(Cl)c1)S(=O)(=O)c1ccc(C)cc1. The molecule has 3 aromatic carbocycles. The molecule has 3 rings (SSSR count). The van der Waals surface area contributed by atoms with Crippen LogP contribution in [0.5, 0.6) is 5.75 Å². The van der Waals surface area contributed by atoms with Gasteiger partial charge in [0.15, 0.2) is 0 Å². The van der Waals surface area contributed by atoms with E-state index < -0.39 is 34.4 Å². The van der Waals surface area contributed by atoms with Crippen molar-refractivity contribution >= 4 is 62.3 Å². The first kappa shape index (κ1) is 31.5. The van der Waals surface area contributed by atoms with E-state index in [1.54, 1.807) is 38.1 Å². The Hall–Kier alpha value is -2.98. The maximum atomic E-state index is 13.9. The van der Waals surface area contributed by atoms with E-state index in [0.29, 0.717) is 27.9 Å². The van der Waals surface area contributed by atoms with Gasteiger partial charge >= 0.3 is 0 Å². The van der Waals surface area contributed by atoms with E-state index in [2.05, 4.69) is 5.32 Å². The number of carbonyl (C=O) groups is 2. The maximum Gasteiger partial charge on any atom is 0.264 e. The highest BCUT2D eigenvalue weighted by atomic mass is 35.5. The summed E-state index contributed by atoms with van der Waals surface area (Å²) in [6, 6.07) is 14.6. The monoisotopic (exact) mass is 625 g/mol. The van der Waals surface area contributed by atoms with Crippen LogP contribution in [0.2, 0.25) is 15.1 Å². The fraction of sp³-hybridized carbons (Fsp3) is 0.286. The summed E-state index contributed by atoms with van der Waals surface area (Å²) in [6.07, 6.45) is 0. The van der Waals surface area contributed by atoms with Crippen LogP contribution in [0.25, 0.3) is 0 Å². The van der Waals surface area contributed by atoms with Gasteiger partial charge in [0.05, 0.1) is 22.7 Å². The predicted molar refractivity (Wildman–Crippen MR) is 159 cm³/mol. The van der Waals surface area contributed by atoms with Gasteiger partial charge in [-0.1, -0.05) is 58.6 Å². The van der Waals surface area contributed by atoms with Crippen LogP contribution >= 0.6 is 34.8 Å². The maximum absolute atomic E-state index is 13.9. The normalized spacial score (nSPS) is 12.0. The van der Waals surface area contributed by atoms with Crippen molar-refractivity contribution in [3.63, 3.8) is 0 Å². The van der Waals surface area contributed by atoms with Crippen LogP contribution in [-0.4, -0.2) is 51.4 Å². The molecule has 12 heteroatoms. The third kappa shape index (κ3) is 7.40.